The van der Waals surface area contributed by atoms with Crippen LogP contribution in [0.5, 0.6) is 0 Å². The predicted molar refractivity (Wildman–Crippen MR) is 55.3 cm³/mol. The van der Waals surface area contributed by atoms with Crippen LogP contribution in [0.25, 0.3) is 0 Å². The van der Waals surface area contributed by atoms with Crippen molar-refractivity contribution in [3.8, 4) is 0 Å². The molecule has 82 valence electrons. The van der Waals surface area contributed by atoms with Gasteiger partial charge in [-0.15, -0.1) is 0 Å². The largest absolute Gasteiger partial charge is 0.327 e. The maximum absolute atomic E-state index is 11.9. The zero-order valence-corrected chi connectivity index (χ0v) is 9.17. The fourth-order valence-electron chi connectivity index (χ4n) is 1.91. The summed E-state index contributed by atoms with van der Waals surface area (Å²) in [6.07, 6.45) is 4.03. The fraction of sp³-hybridized carbons (Fsp3) is 1.00. The molecule has 0 bridgehead atoms. The van der Waals surface area contributed by atoms with Crippen molar-refractivity contribution in [2.75, 3.05) is 18.8 Å². The number of piperidine rings is 1. The number of rotatable bonds is 3. The van der Waals surface area contributed by atoms with E-state index in [9.17, 15) is 8.42 Å². The van der Waals surface area contributed by atoms with Crippen molar-refractivity contribution in [3.05, 3.63) is 0 Å². The Bertz CT molecular complexity index is 298. The van der Waals surface area contributed by atoms with Crippen molar-refractivity contribution < 1.29 is 8.42 Å². The Hall–Kier alpha value is -0.130. The normalized spacial score (nSPS) is 30.5. The van der Waals surface area contributed by atoms with Crippen molar-refractivity contribution in [2.45, 2.75) is 31.7 Å². The van der Waals surface area contributed by atoms with E-state index in [1.165, 1.54) is 0 Å². The van der Waals surface area contributed by atoms with Gasteiger partial charge in [-0.1, -0.05) is 0 Å². The SMILES string of the molecule is N[C@@H]1CCCN(S(=O)(=O)CC2CC2)C1. The summed E-state index contributed by atoms with van der Waals surface area (Å²) in [7, 11) is -3.00. The molecular formula is C9H18N2O2S. The number of hydrogen-bond donors (Lipinski definition) is 1. The summed E-state index contributed by atoms with van der Waals surface area (Å²) in [5.74, 6) is 0.776. The molecule has 2 aliphatic rings. The lowest BCUT2D eigenvalue weighted by Gasteiger charge is -2.29. The zero-order valence-electron chi connectivity index (χ0n) is 8.35. The second-order valence-electron chi connectivity index (χ2n) is 4.48. The molecule has 4 nitrogen and oxygen atoms in total. The molecule has 0 aromatic rings. The quantitative estimate of drug-likeness (QED) is 0.733. The van der Waals surface area contributed by atoms with Crippen LogP contribution in [0.1, 0.15) is 25.7 Å². The molecule has 5 heteroatoms. The minimum absolute atomic E-state index is 0.0396. The van der Waals surface area contributed by atoms with Gasteiger partial charge in [-0.2, -0.15) is 0 Å². The molecule has 1 saturated heterocycles. The Kier molecular flexibility index (Phi) is 2.81. The van der Waals surface area contributed by atoms with Crippen LogP contribution < -0.4 is 5.73 Å². The van der Waals surface area contributed by atoms with Crippen molar-refractivity contribution in [2.24, 2.45) is 11.7 Å². The number of nitrogens with zero attached hydrogens (tertiary/aromatic N) is 1. The summed E-state index contributed by atoms with van der Waals surface area (Å²) in [4.78, 5) is 0. The Labute approximate surface area is 85.5 Å². The first-order valence-electron chi connectivity index (χ1n) is 5.31. The minimum atomic E-state index is -3.00. The maximum atomic E-state index is 11.9. The fourth-order valence-corrected chi connectivity index (χ4v) is 3.88. The predicted octanol–water partition coefficient (Wildman–Crippen LogP) is 0.149. The molecule has 0 spiro atoms. The summed E-state index contributed by atoms with van der Waals surface area (Å²) in [5.41, 5.74) is 5.76. The summed E-state index contributed by atoms with van der Waals surface area (Å²) in [5, 5.41) is 0. The van der Waals surface area contributed by atoms with E-state index in [-0.39, 0.29) is 6.04 Å². The molecule has 1 aliphatic heterocycles. The Morgan fingerprint density at radius 3 is 2.57 bits per heavy atom. The first kappa shape index (κ1) is 10.4. The molecule has 2 fully saturated rings. The lowest BCUT2D eigenvalue weighted by Crippen LogP contribution is -2.46. The van der Waals surface area contributed by atoms with Gasteiger partial charge in [-0.05, 0) is 31.6 Å². The molecule has 0 aromatic carbocycles. The minimum Gasteiger partial charge on any atom is -0.327 e. The monoisotopic (exact) mass is 218 g/mol. The maximum Gasteiger partial charge on any atom is 0.214 e. The second kappa shape index (κ2) is 3.79. The van der Waals surface area contributed by atoms with Gasteiger partial charge >= 0.3 is 0 Å². The Morgan fingerprint density at radius 2 is 2.00 bits per heavy atom. The highest BCUT2D eigenvalue weighted by molar-refractivity contribution is 7.89. The number of sulfonamides is 1. The van der Waals surface area contributed by atoms with Crippen LogP contribution in [-0.4, -0.2) is 37.6 Å². The molecule has 2 N–H and O–H groups in total. The van der Waals surface area contributed by atoms with Gasteiger partial charge in [0, 0.05) is 19.1 Å². The van der Waals surface area contributed by atoms with E-state index in [0.717, 1.165) is 25.7 Å². The smallest absolute Gasteiger partial charge is 0.214 e. The highest BCUT2D eigenvalue weighted by atomic mass is 32.2. The molecule has 1 atom stereocenters. The van der Waals surface area contributed by atoms with Crippen LogP contribution in [-0.2, 0) is 10.0 Å². The van der Waals surface area contributed by atoms with Crippen LogP contribution in [0.3, 0.4) is 0 Å². The third-order valence-electron chi connectivity index (χ3n) is 2.96. The van der Waals surface area contributed by atoms with Gasteiger partial charge in [0.2, 0.25) is 10.0 Å². The lowest BCUT2D eigenvalue weighted by molar-refractivity contribution is 0.315. The van der Waals surface area contributed by atoms with E-state index in [1.54, 1.807) is 4.31 Å². The summed E-state index contributed by atoms with van der Waals surface area (Å²) in [6, 6.07) is 0.0396. The molecule has 0 aromatic heterocycles. The molecule has 0 amide bonds. The third kappa shape index (κ3) is 2.46. The second-order valence-corrected chi connectivity index (χ2v) is 6.50. The van der Waals surface area contributed by atoms with E-state index >= 15 is 0 Å². The Balaban J connectivity index is 1.97. The topological polar surface area (TPSA) is 63.4 Å². The van der Waals surface area contributed by atoms with Gasteiger partial charge in [0.05, 0.1) is 5.75 Å². The molecule has 0 radical (unpaired) electrons. The van der Waals surface area contributed by atoms with Gasteiger partial charge in [0.25, 0.3) is 0 Å². The van der Waals surface area contributed by atoms with E-state index in [4.69, 9.17) is 5.73 Å². The molecular weight excluding hydrogens is 200 g/mol. The summed E-state index contributed by atoms with van der Waals surface area (Å²) >= 11 is 0. The average molecular weight is 218 g/mol. The molecule has 1 saturated carbocycles. The van der Waals surface area contributed by atoms with E-state index in [0.29, 0.717) is 24.8 Å². The average Bonchev–Trinajstić information content (AvgIpc) is 2.87. The number of nitrogens with two attached hydrogens (primary N) is 1. The van der Waals surface area contributed by atoms with E-state index < -0.39 is 10.0 Å². The van der Waals surface area contributed by atoms with Gasteiger partial charge in [-0.25, -0.2) is 12.7 Å². The molecule has 2 rings (SSSR count). The highest BCUT2D eigenvalue weighted by Crippen LogP contribution is 2.31. The van der Waals surface area contributed by atoms with Gasteiger partial charge < -0.3 is 5.73 Å². The van der Waals surface area contributed by atoms with Crippen LogP contribution in [0.4, 0.5) is 0 Å². The van der Waals surface area contributed by atoms with Gasteiger partial charge in [0.15, 0.2) is 0 Å². The van der Waals surface area contributed by atoms with Crippen molar-refractivity contribution in [3.63, 3.8) is 0 Å². The number of hydrogen-bond acceptors (Lipinski definition) is 3. The van der Waals surface area contributed by atoms with Crippen LogP contribution >= 0.6 is 0 Å². The highest BCUT2D eigenvalue weighted by Gasteiger charge is 2.33. The summed E-state index contributed by atoms with van der Waals surface area (Å²) < 4.78 is 25.3. The van der Waals surface area contributed by atoms with Gasteiger partial charge in [0.1, 0.15) is 0 Å². The van der Waals surface area contributed by atoms with Crippen molar-refractivity contribution in [1.29, 1.82) is 0 Å². The van der Waals surface area contributed by atoms with Crippen molar-refractivity contribution in [1.82, 2.24) is 4.31 Å². The van der Waals surface area contributed by atoms with Crippen LogP contribution in [0, 0.1) is 5.92 Å². The first-order valence-corrected chi connectivity index (χ1v) is 6.92. The molecule has 0 unspecified atom stereocenters. The van der Waals surface area contributed by atoms with Crippen LogP contribution in [0.2, 0.25) is 0 Å². The molecule has 1 heterocycles. The zero-order chi connectivity index (χ0) is 10.2. The molecule has 14 heavy (non-hydrogen) atoms. The van der Waals surface area contributed by atoms with Crippen LogP contribution in [0.15, 0.2) is 0 Å². The van der Waals surface area contributed by atoms with Crippen molar-refractivity contribution >= 4 is 10.0 Å². The van der Waals surface area contributed by atoms with E-state index in [1.807, 2.05) is 0 Å². The molecule has 1 aliphatic carbocycles. The first-order chi connectivity index (χ1) is 6.58. The lowest BCUT2D eigenvalue weighted by atomic mass is 10.1. The van der Waals surface area contributed by atoms with E-state index in [2.05, 4.69) is 0 Å². The standard InChI is InChI=1S/C9H18N2O2S/c10-9-2-1-5-11(6-9)14(12,13)7-8-3-4-8/h8-9H,1-7,10H2/t9-/m1/s1. The van der Waals surface area contributed by atoms with Gasteiger partial charge in [-0.3, -0.25) is 0 Å². The third-order valence-corrected chi connectivity index (χ3v) is 4.97. The Morgan fingerprint density at radius 1 is 1.29 bits per heavy atom. The summed E-state index contributed by atoms with van der Waals surface area (Å²) in [6.45, 7) is 1.19.